The largest absolute Gasteiger partial charge is 0.356 e. The van der Waals surface area contributed by atoms with Crippen molar-refractivity contribution in [1.29, 1.82) is 0 Å². The Bertz CT molecular complexity index is 1070. The summed E-state index contributed by atoms with van der Waals surface area (Å²) in [7, 11) is 0. The fourth-order valence-electron chi connectivity index (χ4n) is 3.61. The van der Waals surface area contributed by atoms with Gasteiger partial charge in [-0.05, 0) is 48.2 Å². The van der Waals surface area contributed by atoms with Crippen LogP contribution in [0.15, 0.2) is 61.1 Å². The van der Waals surface area contributed by atoms with Crippen molar-refractivity contribution in [2.45, 2.75) is 13.3 Å². The maximum absolute atomic E-state index is 4.85. The van der Waals surface area contributed by atoms with Crippen molar-refractivity contribution < 1.29 is 0 Å². The van der Waals surface area contributed by atoms with Crippen LogP contribution in [0.4, 0.5) is 5.82 Å². The fraction of sp³-hybridized carbons (Fsp3) is 0.227. The van der Waals surface area contributed by atoms with Gasteiger partial charge in [-0.25, -0.2) is 9.97 Å². The molecule has 134 valence electrons. The first-order valence-corrected chi connectivity index (χ1v) is 10.1. The quantitative estimate of drug-likeness (QED) is 0.491. The highest BCUT2D eigenvalue weighted by Gasteiger charge is 2.19. The van der Waals surface area contributed by atoms with Crippen LogP contribution in [0, 0.1) is 5.92 Å². The zero-order chi connectivity index (χ0) is 18.2. The Labute approximate surface area is 162 Å². The van der Waals surface area contributed by atoms with E-state index in [4.69, 9.17) is 9.97 Å². The number of thiazole rings is 1. The van der Waals surface area contributed by atoms with Gasteiger partial charge < -0.3 is 4.90 Å². The highest BCUT2D eigenvalue weighted by molar-refractivity contribution is 7.21. The van der Waals surface area contributed by atoms with Crippen LogP contribution in [0.3, 0.4) is 0 Å². The zero-order valence-electron chi connectivity index (χ0n) is 15.2. The standard InChI is InChI=1S/C22H20N4S/c1-15-8-10-26(14-15)21-7-5-18(13-24-21)22-25-19-11-16(4-6-20(19)27-22)17-3-2-9-23-12-17/h2-7,9,11-13,15H,8,10,14H2,1H3/t15-/m0/s1. The minimum atomic E-state index is 0.754. The maximum atomic E-state index is 4.85. The lowest BCUT2D eigenvalue weighted by atomic mass is 10.1. The van der Waals surface area contributed by atoms with E-state index in [1.807, 2.05) is 18.5 Å². The van der Waals surface area contributed by atoms with E-state index in [9.17, 15) is 0 Å². The summed E-state index contributed by atoms with van der Waals surface area (Å²) in [6.07, 6.45) is 6.89. The first-order valence-electron chi connectivity index (χ1n) is 9.28. The molecular formula is C22H20N4S. The normalized spacial score (nSPS) is 16.9. The van der Waals surface area contributed by atoms with E-state index < -0.39 is 0 Å². The summed E-state index contributed by atoms with van der Waals surface area (Å²) < 4.78 is 1.19. The molecule has 0 spiro atoms. The second-order valence-electron chi connectivity index (χ2n) is 7.19. The number of anilines is 1. The highest BCUT2D eigenvalue weighted by atomic mass is 32.1. The van der Waals surface area contributed by atoms with Crippen molar-refractivity contribution >= 4 is 27.4 Å². The van der Waals surface area contributed by atoms with E-state index >= 15 is 0 Å². The number of nitrogens with zero attached hydrogens (tertiary/aromatic N) is 4. The first kappa shape index (κ1) is 16.4. The molecule has 0 bridgehead atoms. The van der Waals surface area contributed by atoms with E-state index in [1.165, 1.54) is 11.1 Å². The van der Waals surface area contributed by atoms with Gasteiger partial charge in [-0.1, -0.05) is 19.1 Å². The van der Waals surface area contributed by atoms with E-state index in [2.05, 4.69) is 53.2 Å². The molecule has 0 N–H and O–H groups in total. The van der Waals surface area contributed by atoms with Crippen molar-refractivity contribution in [3.63, 3.8) is 0 Å². The van der Waals surface area contributed by atoms with Crippen molar-refractivity contribution in [2.24, 2.45) is 5.92 Å². The second kappa shape index (κ2) is 6.74. The molecular weight excluding hydrogens is 352 g/mol. The third kappa shape index (κ3) is 3.19. The van der Waals surface area contributed by atoms with Crippen LogP contribution in [-0.2, 0) is 0 Å². The number of hydrogen-bond acceptors (Lipinski definition) is 5. The van der Waals surface area contributed by atoms with Gasteiger partial charge in [0.15, 0.2) is 0 Å². The average molecular weight is 372 g/mol. The molecule has 4 nitrogen and oxygen atoms in total. The minimum Gasteiger partial charge on any atom is -0.356 e. The molecule has 0 amide bonds. The third-order valence-electron chi connectivity index (χ3n) is 5.13. The molecule has 1 aliphatic heterocycles. The Morgan fingerprint density at radius 3 is 2.70 bits per heavy atom. The van der Waals surface area contributed by atoms with Gasteiger partial charge in [-0.2, -0.15) is 0 Å². The van der Waals surface area contributed by atoms with Crippen molar-refractivity contribution in [3.8, 4) is 21.7 Å². The summed E-state index contributed by atoms with van der Waals surface area (Å²) in [4.78, 5) is 16.1. The fourth-order valence-corrected chi connectivity index (χ4v) is 4.54. The molecule has 1 aliphatic rings. The van der Waals surface area contributed by atoms with Gasteiger partial charge in [0.05, 0.1) is 10.2 Å². The SMILES string of the molecule is C[C@H]1CCN(c2ccc(-c3nc4cc(-c5cccnc5)ccc4s3)cn2)C1. The molecule has 5 heteroatoms. The molecule has 1 fully saturated rings. The predicted molar refractivity (Wildman–Crippen MR) is 112 cm³/mol. The molecule has 1 aromatic carbocycles. The smallest absolute Gasteiger partial charge is 0.128 e. The van der Waals surface area contributed by atoms with Crippen LogP contribution in [-0.4, -0.2) is 28.0 Å². The number of rotatable bonds is 3. The Morgan fingerprint density at radius 2 is 1.96 bits per heavy atom. The van der Waals surface area contributed by atoms with Crippen molar-refractivity contribution in [3.05, 3.63) is 61.1 Å². The molecule has 0 radical (unpaired) electrons. The Hall–Kier alpha value is -2.79. The summed E-state index contributed by atoms with van der Waals surface area (Å²) in [5, 5.41) is 1.02. The van der Waals surface area contributed by atoms with Crippen LogP contribution >= 0.6 is 11.3 Å². The topological polar surface area (TPSA) is 41.9 Å². The lowest BCUT2D eigenvalue weighted by molar-refractivity contribution is 0.659. The maximum Gasteiger partial charge on any atom is 0.128 e. The number of benzene rings is 1. The molecule has 4 aromatic rings. The molecule has 1 atom stereocenters. The summed E-state index contributed by atoms with van der Waals surface area (Å²) in [6, 6.07) is 14.7. The first-order chi connectivity index (χ1) is 13.3. The highest BCUT2D eigenvalue weighted by Crippen LogP contribution is 2.33. The second-order valence-corrected chi connectivity index (χ2v) is 8.22. The van der Waals surface area contributed by atoms with Crippen LogP contribution in [0.25, 0.3) is 31.9 Å². The van der Waals surface area contributed by atoms with Gasteiger partial charge in [0.25, 0.3) is 0 Å². The van der Waals surface area contributed by atoms with E-state index in [-0.39, 0.29) is 0 Å². The van der Waals surface area contributed by atoms with Crippen LogP contribution in [0.1, 0.15) is 13.3 Å². The van der Waals surface area contributed by atoms with Crippen LogP contribution in [0.5, 0.6) is 0 Å². The number of pyridine rings is 2. The number of fused-ring (bicyclic) bond motifs is 1. The predicted octanol–water partition coefficient (Wildman–Crippen LogP) is 5.27. The lowest BCUT2D eigenvalue weighted by Gasteiger charge is -2.16. The summed E-state index contributed by atoms with van der Waals surface area (Å²) in [5.74, 6) is 1.83. The van der Waals surface area contributed by atoms with Crippen molar-refractivity contribution in [1.82, 2.24) is 15.0 Å². The Kier molecular flexibility index (Phi) is 4.09. The molecule has 0 saturated carbocycles. The van der Waals surface area contributed by atoms with Gasteiger partial charge in [-0.3, -0.25) is 4.98 Å². The van der Waals surface area contributed by atoms with E-state index in [0.29, 0.717) is 0 Å². The number of aromatic nitrogens is 3. The Balaban J connectivity index is 1.45. The molecule has 3 aromatic heterocycles. The average Bonchev–Trinajstić information content (AvgIpc) is 3.34. The molecule has 4 heterocycles. The summed E-state index contributed by atoms with van der Waals surface area (Å²) in [6.45, 7) is 4.51. The van der Waals surface area contributed by atoms with Crippen LogP contribution < -0.4 is 4.90 Å². The van der Waals surface area contributed by atoms with Gasteiger partial charge >= 0.3 is 0 Å². The van der Waals surface area contributed by atoms with Gasteiger partial charge in [0.2, 0.25) is 0 Å². The van der Waals surface area contributed by atoms with Gasteiger partial charge in [-0.15, -0.1) is 11.3 Å². The van der Waals surface area contributed by atoms with E-state index in [1.54, 1.807) is 17.5 Å². The lowest BCUT2D eigenvalue weighted by Crippen LogP contribution is -2.19. The molecule has 0 aliphatic carbocycles. The molecule has 0 unspecified atom stereocenters. The van der Waals surface area contributed by atoms with Gasteiger partial charge in [0, 0.05) is 42.8 Å². The number of hydrogen-bond donors (Lipinski definition) is 0. The van der Waals surface area contributed by atoms with Gasteiger partial charge in [0.1, 0.15) is 10.8 Å². The van der Waals surface area contributed by atoms with Crippen molar-refractivity contribution in [2.75, 3.05) is 18.0 Å². The minimum absolute atomic E-state index is 0.754. The van der Waals surface area contributed by atoms with Crippen LogP contribution in [0.2, 0.25) is 0 Å². The molecule has 27 heavy (non-hydrogen) atoms. The summed E-state index contributed by atoms with van der Waals surface area (Å²) >= 11 is 1.71. The zero-order valence-corrected chi connectivity index (χ0v) is 16.0. The third-order valence-corrected chi connectivity index (χ3v) is 6.21. The molecule has 5 rings (SSSR count). The Morgan fingerprint density at radius 1 is 1.04 bits per heavy atom. The van der Waals surface area contributed by atoms with E-state index in [0.717, 1.165) is 52.0 Å². The summed E-state index contributed by atoms with van der Waals surface area (Å²) in [5.41, 5.74) is 4.35. The molecule has 1 saturated heterocycles. The monoisotopic (exact) mass is 372 g/mol.